The third kappa shape index (κ3) is 1.47. The van der Waals surface area contributed by atoms with Gasteiger partial charge in [-0.2, -0.15) is 16.7 Å². The van der Waals surface area contributed by atoms with Gasteiger partial charge >= 0.3 is 0 Å². The number of nitrogens with two attached hydrogens (primary N) is 1. The molecular formula is C7H11N3OS. The molecule has 1 aromatic heterocycles. The predicted octanol–water partition coefficient (Wildman–Crippen LogP) is 0.749. The van der Waals surface area contributed by atoms with Gasteiger partial charge in [0.15, 0.2) is 5.82 Å². The van der Waals surface area contributed by atoms with E-state index in [1.165, 1.54) is 5.75 Å². The minimum Gasteiger partial charge on any atom is -0.339 e. The van der Waals surface area contributed by atoms with E-state index in [2.05, 4.69) is 10.1 Å². The largest absolute Gasteiger partial charge is 0.339 e. The van der Waals surface area contributed by atoms with Crippen molar-refractivity contribution in [1.29, 1.82) is 0 Å². The van der Waals surface area contributed by atoms with E-state index in [1.54, 1.807) is 0 Å². The molecule has 1 aliphatic heterocycles. The maximum atomic E-state index is 5.37. The lowest BCUT2D eigenvalue weighted by molar-refractivity contribution is 0.356. The van der Waals surface area contributed by atoms with Gasteiger partial charge in [-0.25, -0.2) is 0 Å². The average molecular weight is 185 g/mol. The molecule has 12 heavy (non-hydrogen) atoms. The van der Waals surface area contributed by atoms with Gasteiger partial charge in [0.05, 0.1) is 6.54 Å². The van der Waals surface area contributed by atoms with Crippen LogP contribution in [0.15, 0.2) is 4.52 Å². The molecule has 1 unspecified atom stereocenters. The number of thioether (sulfide) groups is 1. The topological polar surface area (TPSA) is 64.9 Å². The maximum Gasteiger partial charge on any atom is 0.230 e. The van der Waals surface area contributed by atoms with Crippen molar-refractivity contribution < 1.29 is 4.52 Å². The van der Waals surface area contributed by atoms with E-state index < -0.39 is 0 Å². The van der Waals surface area contributed by atoms with Gasteiger partial charge in [0, 0.05) is 11.7 Å². The van der Waals surface area contributed by atoms with Crippen molar-refractivity contribution >= 4 is 11.8 Å². The zero-order chi connectivity index (χ0) is 8.39. The summed E-state index contributed by atoms with van der Waals surface area (Å²) < 4.78 is 5.08. The summed E-state index contributed by atoms with van der Waals surface area (Å²) in [7, 11) is 0. The van der Waals surface area contributed by atoms with E-state index in [1.807, 2.05) is 11.8 Å². The van der Waals surface area contributed by atoms with Crippen molar-refractivity contribution in [2.75, 3.05) is 11.5 Å². The van der Waals surface area contributed by atoms with E-state index in [-0.39, 0.29) is 0 Å². The van der Waals surface area contributed by atoms with E-state index in [0.29, 0.717) is 18.3 Å². The van der Waals surface area contributed by atoms with Crippen LogP contribution in [-0.4, -0.2) is 21.6 Å². The third-order valence-electron chi connectivity index (χ3n) is 1.95. The highest BCUT2D eigenvalue weighted by Crippen LogP contribution is 2.30. The van der Waals surface area contributed by atoms with Crippen molar-refractivity contribution in [3.05, 3.63) is 11.7 Å². The standard InChI is InChI=1S/C7H11N3OS/c8-3-6-9-7(11-10-6)5-1-2-12-4-5/h5H,1-4,8H2. The molecule has 4 nitrogen and oxygen atoms in total. The van der Waals surface area contributed by atoms with Gasteiger partial charge in [0.25, 0.3) is 0 Å². The van der Waals surface area contributed by atoms with Crippen LogP contribution < -0.4 is 5.73 Å². The Hall–Kier alpha value is -0.550. The Morgan fingerprint density at radius 2 is 2.58 bits per heavy atom. The molecule has 66 valence electrons. The molecule has 0 bridgehead atoms. The fraction of sp³-hybridized carbons (Fsp3) is 0.714. The highest BCUT2D eigenvalue weighted by Gasteiger charge is 2.22. The molecule has 1 saturated heterocycles. The van der Waals surface area contributed by atoms with Crippen molar-refractivity contribution in [1.82, 2.24) is 10.1 Å². The maximum absolute atomic E-state index is 5.37. The molecular weight excluding hydrogens is 174 g/mol. The van der Waals surface area contributed by atoms with Gasteiger partial charge in [-0.05, 0) is 12.2 Å². The summed E-state index contributed by atoms with van der Waals surface area (Å²) in [6.07, 6.45) is 1.15. The van der Waals surface area contributed by atoms with Gasteiger partial charge in [-0.15, -0.1) is 0 Å². The quantitative estimate of drug-likeness (QED) is 0.736. The summed E-state index contributed by atoms with van der Waals surface area (Å²) >= 11 is 1.93. The molecule has 5 heteroatoms. The van der Waals surface area contributed by atoms with Crippen LogP contribution in [0.1, 0.15) is 24.1 Å². The number of hydrogen-bond donors (Lipinski definition) is 1. The second-order valence-electron chi connectivity index (χ2n) is 2.81. The summed E-state index contributed by atoms with van der Waals surface area (Å²) in [5, 5.41) is 3.76. The van der Waals surface area contributed by atoms with E-state index in [4.69, 9.17) is 10.3 Å². The van der Waals surface area contributed by atoms with Crippen LogP contribution in [0.5, 0.6) is 0 Å². The zero-order valence-electron chi connectivity index (χ0n) is 6.69. The Bertz CT molecular complexity index is 257. The lowest BCUT2D eigenvalue weighted by Gasteiger charge is -1.97. The first kappa shape index (κ1) is 8.07. The minimum absolute atomic E-state index is 0.364. The summed E-state index contributed by atoms with van der Waals surface area (Å²) in [5.41, 5.74) is 5.37. The number of hydrogen-bond acceptors (Lipinski definition) is 5. The average Bonchev–Trinajstić information content (AvgIpc) is 2.75. The normalized spacial score (nSPS) is 23.2. The highest BCUT2D eigenvalue weighted by molar-refractivity contribution is 7.99. The van der Waals surface area contributed by atoms with Gasteiger partial charge in [-0.1, -0.05) is 5.16 Å². The lowest BCUT2D eigenvalue weighted by Crippen LogP contribution is -2.00. The molecule has 2 heterocycles. The monoisotopic (exact) mass is 185 g/mol. The predicted molar refractivity (Wildman–Crippen MR) is 46.9 cm³/mol. The molecule has 0 aromatic carbocycles. The minimum atomic E-state index is 0.364. The smallest absolute Gasteiger partial charge is 0.230 e. The number of nitrogens with zero attached hydrogens (tertiary/aromatic N) is 2. The Balaban J connectivity index is 2.11. The highest BCUT2D eigenvalue weighted by atomic mass is 32.2. The van der Waals surface area contributed by atoms with E-state index in [9.17, 15) is 0 Å². The van der Waals surface area contributed by atoms with Crippen LogP contribution >= 0.6 is 11.8 Å². The molecule has 2 N–H and O–H groups in total. The van der Waals surface area contributed by atoms with Crippen molar-refractivity contribution in [3.8, 4) is 0 Å². The first-order valence-corrected chi connectivity index (χ1v) is 5.16. The van der Waals surface area contributed by atoms with Crippen molar-refractivity contribution in [3.63, 3.8) is 0 Å². The van der Waals surface area contributed by atoms with Crippen molar-refractivity contribution in [2.45, 2.75) is 18.9 Å². The first-order chi connectivity index (χ1) is 5.90. The van der Waals surface area contributed by atoms with E-state index in [0.717, 1.165) is 18.1 Å². The molecule has 1 aliphatic rings. The van der Waals surface area contributed by atoms with Gasteiger partial charge in [0.1, 0.15) is 0 Å². The van der Waals surface area contributed by atoms with E-state index >= 15 is 0 Å². The first-order valence-electron chi connectivity index (χ1n) is 4.00. The van der Waals surface area contributed by atoms with Crippen molar-refractivity contribution in [2.24, 2.45) is 5.73 Å². The Morgan fingerprint density at radius 3 is 3.17 bits per heavy atom. The SMILES string of the molecule is NCc1noc(C2CCSC2)n1. The number of rotatable bonds is 2. The molecule has 1 aromatic rings. The summed E-state index contributed by atoms with van der Waals surface area (Å²) in [6.45, 7) is 0.364. The fourth-order valence-corrected chi connectivity index (χ4v) is 2.46. The summed E-state index contributed by atoms with van der Waals surface area (Å²) in [6, 6.07) is 0. The molecule has 0 radical (unpaired) electrons. The third-order valence-corrected chi connectivity index (χ3v) is 3.11. The molecule has 1 atom stereocenters. The Kier molecular flexibility index (Phi) is 2.32. The van der Waals surface area contributed by atoms with Gasteiger partial charge < -0.3 is 10.3 Å². The summed E-state index contributed by atoms with van der Waals surface area (Å²) in [5.74, 6) is 4.14. The van der Waals surface area contributed by atoms with Crippen LogP contribution in [0.3, 0.4) is 0 Å². The molecule has 0 saturated carbocycles. The molecule has 0 amide bonds. The Morgan fingerprint density at radius 1 is 1.67 bits per heavy atom. The summed E-state index contributed by atoms with van der Waals surface area (Å²) in [4.78, 5) is 4.19. The number of aromatic nitrogens is 2. The van der Waals surface area contributed by atoms with Gasteiger partial charge in [0.2, 0.25) is 5.89 Å². The van der Waals surface area contributed by atoms with Crippen LogP contribution in [0.25, 0.3) is 0 Å². The molecule has 0 aliphatic carbocycles. The molecule has 2 rings (SSSR count). The zero-order valence-corrected chi connectivity index (χ0v) is 7.51. The van der Waals surface area contributed by atoms with Crippen LogP contribution in [-0.2, 0) is 6.54 Å². The van der Waals surface area contributed by atoms with Gasteiger partial charge in [-0.3, -0.25) is 0 Å². The second kappa shape index (κ2) is 3.45. The lowest BCUT2D eigenvalue weighted by atomic mass is 10.1. The second-order valence-corrected chi connectivity index (χ2v) is 3.96. The molecule has 1 fully saturated rings. The fourth-order valence-electron chi connectivity index (χ4n) is 1.25. The molecule has 0 spiro atoms. The van der Waals surface area contributed by atoms with Crippen LogP contribution in [0.4, 0.5) is 0 Å². The van der Waals surface area contributed by atoms with Crippen LogP contribution in [0.2, 0.25) is 0 Å². The van der Waals surface area contributed by atoms with Crippen LogP contribution in [0, 0.1) is 0 Å². The Labute approximate surface area is 74.9 Å².